The molecule has 0 amide bonds. The number of piperazine rings is 1. The van der Waals surface area contributed by atoms with Gasteiger partial charge >= 0.3 is 0 Å². The molecular weight excluding hydrogens is 247 g/mol. The lowest BCUT2D eigenvalue weighted by atomic mass is 10.00. The van der Waals surface area contributed by atoms with Gasteiger partial charge in [0, 0.05) is 44.4 Å². The van der Waals surface area contributed by atoms with E-state index in [2.05, 4.69) is 10.2 Å². The van der Waals surface area contributed by atoms with Gasteiger partial charge in [-0.25, -0.2) is 4.39 Å². The third-order valence-electron chi connectivity index (χ3n) is 3.56. The number of benzene rings is 1. The van der Waals surface area contributed by atoms with E-state index in [1.165, 1.54) is 13.2 Å². The van der Waals surface area contributed by atoms with E-state index in [-0.39, 0.29) is 18.5 Å². The number of halogens is 1. The normalized spacial score (nSPS) is 18.3. The lowest BCUT2D eigenvalue weighted by Gasteiger charge is -2.35. The van der Waals surface area contributed by atoms with Crippen molar-refractivity contribution in [1.29, 1.82) is 0 Å². The Morgan fingerprint density at radius 1 is 1.42 bits per heavy atom. The fourth-order valence-corrected chi connectivity index (χ4v) is 2.65. The SMILES string of the molecule is COc1c(F)cccc1[C@H](CCO)N1CCNCC1. The lowest BCUT2D eigenvalue weighted by Crippen LogP contribution is -2.45. The zero-order valence-electron chi connectivity index (χ0n) is 11.2. The van der Waals surface area contributed by atoms with Gasteiger partial charge in [-0.2, -0.15) is 0 Å². The average molecular weight is 268 g/mol. The quantitative estimate of drug-likeness (QED) is 0.841. The second kappa shape index (κ2) is 6.84. The maximum absolute atomic E-state index is 13.8. The molecule has 0 saturated carbocycles. The fraction of sp³-hybridized carbons (Fsp3) is 0.571. The molecule has 106 valence electrons. The Labute approximate surface area is 113 Å². The van der Waals surface area contributed by atoms with E-state index < -0.39 is 0 Å². The Balaban J connectivity index is 2.29. The monoisotopic (exact) mass is 268 g/mol. The van der Waals surface area contributed by atoms with Gasteiger partial charge < -0.3 is 15.2 Å². The molecule has 0 radical (unpaired) electrons. The molecule has 2 N–H and O–H groups in total. The predicted molar refractivity (Wildman–Crippen MR) is 71.8 cm³/mol. The van der Waals surface area contributed by atoms with Crippen molar-refractivity contribution in [2.45, 2.75) is 12.5 Å². The standard InChI is InChI=1S/C14H21FN2O2/c1-19-14-11(3-2-4-12(14)15)13(5-10-18)17-8-6-16-7-9-17/h2-4,13,16,18H,5-10H2,1H3/t13-/m0/s1. The van der Waals surface area contributed by atoms with Gasteiger partial charge in [-0.15, -0.1) is 0 Å². The van der Waals surface area contributed by atoms with Gasteiger partial charge in [-0.05, 0) is 12.5 Å². The van der Waals surface area contributed by atoms with E-state index in [0.717, 1.165) is 31.7 Å². The fourth-order valence-electron chi connectivity index (χ4n) is 2.65. The highest BCUT2D eigenvalue weighted by molar-refractivity contribution is 5.37. The van der Waals surface area contributed by atoms with Gasteiger partial charge in [0.15, 0.2) is 11.6 Å². The molecule has 1 fully saturated rings. The van der Waals surface area contributed by atoms with Gasteiger partial charge in [0.1, 0.15) is 0 Å². The van der Waals surface area contributed by atoms with Crippen LogP contribution in [0.25, 0.3) is 0 Å². The summed E-state index contributed by atoms with van der Waals surface area (Å²) in [6, 6.07) is 4.97. The smallest absolute Gasteiger partial charge is 0.165 e. The van der Waals surface area contributed by atoms with Crippen molar-refractivity contribution in [2.24, 2.45) is 0 Å². The van der Waals surface area contributed by atoms with E-state index in [1.54, 1.807) is 6.07 Å². The summed E-state index contributed by atoms with van der Waals surface area (Å²) in [7, 11) is 1.48. The average Bonchev–Trinajstić information content (AvgIpc) is 2.45. The third kappa shape index (κ3) is 3.23. The number of para-hydroxylation sites is 1. The Hall–Kier alpha value is -1.17. The Kier molecular flexibility index (Phi) is 5.13. The molecule has 1 aliphatic heterocycles. The number of hydrogen-bond acceptors (Lipinski definition) is 4. The number of aliphatic hydroxyl groups excluding tert-OH is 1. The van der Waals surface area contributed by atoms with Crippen molar-refractivity contribution >= 4 is 0 Å². The number of ether oxygens (including phenoxy) is 1. The first kappa shape index (κ1) is 14.2. The second-order valence-electron chi connectivity index (χ2n) is 4.68. The molecule has 1 heterocycles. The molecule has 1 atom stereocenters. The van der Waals surface area contributed by atoms with Crippen molar-refractivity contribution < 1.29 is 14.2 Å². The summed E-state index contributed by atoms with van der Waals surface area (Å²) in [5.74, 6) is -0.0578. The summed E-state index contributed by atoms with van der Waals surface area (Å²) in [5.41, 5.74) is 0.818. The molecule has 0 unspecified atom stereocenters. The topological polar surface area (TPSA) is 44.7 Å². The minimum absolute atomic E-state index is 0.00208. The summed E-state index contributed by atoms with van der Waals surface area (Å²) in [6.07, 6.45) is 0.583. The van der Waals surface area contributed by atoms with Crippen LogP contribution < -0.4 is 10.1 Å². The summed E-state index contributed by atoms with van der Waals surface area (Å²) >= 11 is 0. The van der Waals surface area contributed by atoms with Crippen molar-refractivity contribution in [3.63, 3.8) is 0 Å². The number of methoxy groups -OCH3 is 1. The van der Waals surface area contributed by atoms with Crippen LogP contribution in [0.2, 0.25) is 0 Å². The van der Waals surface area contributed by atoms with E-state index in [4.69, 9.17) is 4.74 Å². The summed E-state index contributed by atoms with van der Waals surface area (Å²) < 4.78 is 19.0. The Morgan fingerprint density at radius 2 is 2.16 bits per heavy atom. The highest BCUT2D eigenvalue weighted by Crippen LogP contribution is 2.33. The Morgan fingerprint density at radius 3 is 2.79 bits per heavy atom. The predicted octanol–water partition coefficient (Wildman–Crippen LogP) is 1.16. The molecule has 0 spiro atoms. The number of aliphatic hydroxyl groups is 1. The number of rotatable bonds is 5. The number of hydrogen-bond donors (Lipinski definition) is 2. The van der Waals surface area contributed by atoms with Crippen LogP contribution in [0, 0.1) is 5.82 Å². The highest BCUT2D eigenvalue weighted by atomic mass is 19.1. The maximum atomic E-state index is 13.8. The van der Waals surface area contributed by atoms with Crippen LogP contribution in [0.1, 0.15) is 18.0 Å². The molecule has 5 heteroatoms. The lowest BCUT2D eigenvalue weighted by molar-refractivity contribution is 0.138. The van der Waals surface area contributed by atoms with E-state index in [9.17, 15) is 9.50 Å². The Bertz CT molecular complexity index is 408. The van der Waals surface area contributed by atoms with Crippen molar-refractivity contribution in [3.8, 4) is 5.75 Å². The first-order valence-corrected chi connectivity index (χ1v) is 6.66. The first-order chi connectivity index (χ1) is 9.27. The third-order valence-corrected chi connectivity index (χ3v) is 3.56. The number of nitrogens with zero attached hydrogens (tertiary/aromatic N) is 1. The summed E-state index contributed by atoms with van der Waals surface area (Å²) in [5, 5.41) is 12.6. The molecule has 1 aliphatic rings. The molecule has 19 heavy (non-hydrogen) atoms. The molecule has 0 bridgehead atoms. The van der Waals surface area contributed by atoms with Crippen LogP contribution >= 0.6 is 0 Å². The largest absolute Gasteiger partial charge is 0.493 e. The van der Waals surface area contributed by atoms with Crippen LogP contribution in [0.5, 0.6) is 5.75 Å². The van der Waals surface area contributed by atoms with Crippen LogP contribution in [-0.4, -0.2) is 49.9 Å². The van der Waals surface area contributed by atoms with Crippen LogP contribution in [0.4, 0.5) is 4.39 Å². The van der Waals surface area contributed by atoms with E-state index in [0.29, 0.717) is 12.2 Å². The molecule has 1 aromatic rings. The van der Waals surface area contributed by atoms with Crippen LogP contribution in [-0.2, 0) is 0 Å². The second-order valence-corrected chi connectivity index (χ2v) is 4.68. The van der Waals surface area contributed by atoms with Crippen molar-refractivity contribution in [3.05, 3.63) is 29.6 Å². The van der Waals surface area contributed by atoms with E-state index in [1.807, 2.05) is 6.07 Å². The zero-order valence-corrected chi connectivity index (χ0v) is 11.2. The minimum atomic E-state index is -0.349. The summed E-state index contributed by atoms with van der Waals surface area (Å²) in [6.45, 7) is 3.70. The number of nitrogens with one attached hydrogen (secondary N) is 1. The molecule has 0 aromatic heterocycles. The molecule has 2 rings (SSSR count). The molecular formula is C14H21FN2O2. The van der Waals surface area contributed by atoms with Crippen molar-refractivity contribution in [1.82, 2.24) is 10.2 Å². The molecule has 1 saturated heterocycles. The molecule has 4 nitrogen and oxygen atoms in total. The minimum Gasteiger partial charge on any atom is -0.493 e. The van der Waals surface area contributed by atoms with Gasteiger partial charge in [0.25, 0.3) is 0 Å². The van der Waals surface area contributed by atoms with Gasteiger partial charge in [-0.3, -0.25) is 4.90 Å². The zero-order chi connectivity index (χ0) is 13.7. The first-order valence-electron chi connectivity index (χ1n) is 6.66. The molecule has 1 aromatic carbocycles. The van der Waals surface area contributed by atoms with Gasteiger partial charge in [-0.1, -0.05) is 12.1 Å². The highest BCUT2D eigenvalue weighted by Gasteiger charge is 2.25. The summed E-state index contributed by atoms with van der Waals surface area (Å²) in [4.78, 5) is 2.27. The van der Waals surface area contributed by atoms with E-state index >= 15 is 0 Å². The van der Waals surface area contributed by atoms with Crippen molar-refractivity contribution in [2.75, 3.05) is 39.9 Å². The van der Waals surface area contributed by atoms with Crippen LogP contribution in [0.15, 0.2) is 18.2 Å². The maximum Gasteiger partial charge on any atom is 0.165 e. The molecule has 0 aliphatic carbocycles. The van der Waals surface area contributed by atoms with Crippen LogP contribution in [0.3, 0.4) is 0 Å². The van der Waals surface area contributed by atoms with Gasteiger partial charge in [0.2, 0.25) is 0 Å². The van der Waals surface area contributed by atoms with Gasteiger partial charge in [0.05, 0.1) is 7.11 Å².